The van der Waals surface area contributed by atoms with Crippen molar-refractivity contribution in [1.82, 2.24) is 14.9 Å². The molecule has 1 aromatic heterocycles. The van der Waals surface area contributed by atoms with Gasteiger partial charge in [0.2, 0.25) is 5.91 Å². The zero-order chi connectivity index (χ0) is 14.0. The van der Waals surface area contributed by atoms with E-state index >= 15 is 0 Å². The summed E-state index contributed by atoms with van der Waals surface area (Å²) < 4.78 is 2.62. The second kappa shape index (κ2) is 5.17. The van der Waals surface area contributed by atoms with Crippen molar-refractivity contribution in [1.29, 1.82) is 0 Å². The molecule has 2 rings (SSSR count). The van der Waals surface area contributed by atoms with Gasteiger partial charge in [0.25, 0.3) is 0 Å². The van der Waals surface area contributed by atoms with Crippen LogP contribution in [0.3, 0.4) is 0 Å². The average molecular weight is 277 g/mol. The quantitative estimate of drug-likeness (QED) is 0.847. The summed E-state index contributed by atoms with van der Waals surface area (Å²) in [5, 5.41) is 2.95. The number of benzene rings is 1. The van der Waals surface area contributed by atoms with Crippen LogP contribution < -0.4 is 5.32 Å². The summed E-state index contributed by atoms with van der Waals surface area (Å²) in [4.78, 5) is 15.0. The Kier molecular flexibility index (Phi) is 3.75. The molecule has 0 saturated carbocycles. The number of carbonyl (C=O) groups excluding carboxylic acids is 1. The molecule has 2 aromatic rings. The molecule has 1 aromatic carbocycles. The number of nitrogens with one attached hydrogen (secondary N) is 2. The number of H-pyrrole nitrogens is 1. The molecule has 0 fully saturated rings. The minimum atomic E-state index is -0.196. The summed E-state index contributed by atoms with van der Waals surface area (Å²) in [6, 6.07) is 7.92. The highest BCUT2D eigenvalue weighted by Crippen LogP contribution is 2.14. The molecule has 0 atom stereocenters. The second-order valence-corrected chi connectivity index (χ2v) is 6.03. The van der Waals surface area contributed by atoms with Gasteiger partial charge >= 0.3 is 0 Å². The number of aryl methyl sites for hydroxylation is 1. The number of aromatic nitrogens is 2. The minimum Gasteiger partial charge on any atom is -0.351 e. The number of amides is 1. The SMILES string of the molecule is CC(C)(C)NC(=O)CCn1c(=S)[nH]c2ccccc21. The number of hydrogen-bond donors (Lipinski definition) is 2. The Morgan fingerprint density at radius 3 is 2.74 bits per heavy atom. The molecule has 0 radical (unpaired) electrons. The van der Waals surface area contributed by atoms with E-state index < -0.39 is 0 Å². The summed E-state index contributed by atoms with van der Waals surface area (Å²) in [7, 11) is 0. The van der Waals surface area contributed by atoms with Crippen LogP contribution in [-0.4, -0.2) is 21.0 Å². The zero-order valence-corrected chi connectivity index (χ0v) is 12.3. The van der Waals surface area contributed by atoms with Crippen molar-refractivity contribution in [2.45, 2.75) is 39.3 Å². The van der Waals surface area contributed by atoms with Crippen molar-refractivity contribution >= 4 is 29.2 Å². The molecule has 1 amide bonds. The first-order valence-electron chi connectivity index (χ1n) is 6.35. The van der Waals surface area contributed by atoms with Crippen molar-refractivity contribution in [3.63, 3.8) is 0 Å². The van der Waals surface area contributed by atoms with Gasteiger partial charge in [0.15, 0.2) is 4.77 Å². The van der Waals surface area contributed by atoms with E-state index in [9.17, 15) is 4.79 Å². The van der Waals surface area contributed by atoms with Crippen LogP contribution in [0.4, 0.5) is 0 Å². The van der Waals surface area contributed by atoms with E-state index in [1.807, 2.05) is 49.6 Å². The number of carbonyl (C=O) groups is 1. The van der Waals surface area contributed by atoms with Crippen molar-refractivity contribution < 1.29 is 4.79 Å². The monoisotopic (exact) mass is 277 g/mol. The van der Waals surface area contributed by atoms with Gasteiger partial charge in [0.05, 0.1) is 11.0 Å². The zero-order valence-electron chi connectivity index (χ0n) is 11.5. The normalized spacial score (nSPS) is 11.7. The summed E-state index contributed by atoms with van der Waals surface area (Å²) in [6.07, 6.45) is 0.424. The van der Waals surface area contributed by atoms with Crippen LogP contribution in [0.25, 0.3) is 11.0 Å². The van der Waals surface area contributed by atoms with Gasteiger partial charge in [0.1, 0.15) is 0 Å². The summed E-state index contributed by atoms with van der Waals surface area (Å²) in [5.41, 5.74) is 1.85. The molecule has 2 N–H and O–H groups in total. The molecule has 1 heterocycles. The van der Waals surface area contributed by atoms with E-state index in [1.165, 1.54) is 0 Å². The second-order valence-electron chi connectivity index (χ2n) is 5.65. The molecule has 0 bridgehead atoms. The fourth-order valence-corrected chi connectivity index (χ4v) is 2.32. The van der Waals surface area contributed by atoms with Gasteiger partial charge < -0.3 is 14.9 Å². The Labute approximate surface area is 117 Å². The maximum atomic E-state index is 11.8. The van der Waals surface area contributed by atoms with E-state index in [2.05, 4.69) is 10.3 Å². The first-order valence-corrected chi connectivity index (χ1v) is 6.76. The largest absolute Gasteiger partial charge is 0.351 e. The number of para-hydroxylation sites is 2. The third-order valence-corrected chi connectivity index (χ3v) is 3.08. The van der Waals surface area contributed by atoms with Crippen LogP contribution in [0.5, 0.6) is 0 Å². The summed E-state index contributed by atoms with van der Waals surface area (Å²) >= 11 is 5.29. The maximum Gasteiger partial charge on any atom is 0.222 e. The van der Waals surface area contributed by atoms with E-state index in [-0.39, 0.29) is 11.4 Å². The highest BCUT2D eigenvalue weighted by atomic mass is 32.1. The van der Waals surface area contributed by atoms with Crippen molar-refractivity contribution in [3.05, 3.63) is 29.0 Å². The van der Waals surface area contributed by atoms with Gasteiger partial charge in [-0.1, -0.05) is 12.1 Å². The number of hydrogen-bond acceptors (Lipinski definition) is 2. The summed E-state index contributed by atoms with van der Waals surface area (Å²) in [5.74, 6) is 0.0414. The Morgan fingerprint density at radius 2 is 2.05 bits per heavy atom. The Morgan fingerprint density at radius 1 is 1.37 bits per heavy atom. The smallest absolute Gasteiger partial charge is 0.222 e. The number of nitrogens with zero attached hydrogens (tertiary/aromatic N) is 1. The molecule has 4 nitrogen and oxygen atoms in total. The molecule has 0 aliphatic carbocycles. The van der Waals surface area contributed by atoms with Crippen LogP contribution >= 0.6 is 12.2 Å². The average Bonchev–Trinajstić information content (AvgIpc) is 2.60. The Bertz CT molecular complexity index is 648. The molecule has 0 spiro atoms. The van der Waals surface area contributed by atoms with Gasteiger partial charge in [0, 0.05) is 18.5 Å². The molecular weight excluding hydrogens is 258 g/mol. The van der Waals surface area contributed by atoms with Gasteiger partial charge in [-0.15, -0.1) is 0 Å². The van der Waals surface area contributed by atoms with Gasteiger partial charge in [-0.05, 0) is 45.1 Å². The van der Waals surface area contributed by atoms with Crippen LogP contribution in [-0.2, 0) is 11.3 Å². The van der Waals surface area contributed by atoms with E-state index in [0.717, 1.165) is 11.0 Å². The number of aromatic amines is 1. The van der Waals surface area contributed by atoms with Crippen molar-refractivity contribution in [2.24, 2.45) is 0 Å². The van der Waals surface area contributed by atoms with Gasteiger partial charge in [-0.3, -0.25) is 4.79 Å². The van der Waals surface area contributed by atoms with Gasteiger partial charge in [-0.2, -0.15) is 0 Å². The molecule has 102 valence electrons. The van der Waals surface area contributed by atoms with E-state index in [0.29, 0.717) is 17.7 Å². The maximum absolute atomic E-state index is 11.8. The predicted octanol–water partition coefficient (Wildman–Crippen LogP) is 3.00. The summed E-state index contributed by atoms with van der Waals surface area (Å²) in [6.45, 7) is 6.51. The lowest BCUT2D eigenvalue weighted by Crippen LogP contribution is -2.40. The molecule has 19 heavy (non-hydrogen) atoms. The standard InChI is InChI=1S/C14H19N3OS/c1-14(2,3)16-12(18)8-9-17-11-7-5-4-6-10(11)15-13(17)19/h4-7H,8-9H2,1-3H3,(H,15,19)(H,16,18). The Hall–Kier alpha value is -1.62. The lowest BCUT2D eigenvalue weighted by atomic mass is 10.1. The molecule has 5 heteroatoms. The number of fused-ring (bicyclic) bond motifs is 1. The van der Waals surface area contributed by atoms with Crippen LogP contribution in [0, 0.1) is 4.77 Å². The predicted molar refractivity (Wildman–Crippen MR) is 79.6 cm³/mol. The Balaban J connectivity index is 2.12. The number of rotatable bonds is 3. The fraction of sp³-hybridized carbons (Fsp3) is 0.429. The van der Waals surface area contributed by atoms with Crippen LogP contribution in [0.2, 0.25) is 0 Å². The lowest BCUT2D eigenvalue weighted by Gasteiger charge is -2.20. The van der Waals surface area contributed by atoms with Crippen molar-refractivity contribution in [3.8, 4) is 0 Å². The molecule has 0 saturated heterocycles. The molecule has 0 unspecified atom stereocenters. The highest BCUT2D eigenvalue weighted by Gasteiger charge is 2.14. The third kappa shape index (κ3) is 3.44. The van der Waals surface area contributed by atoms with Crippen molar-refractivity contribution in [2.75, 3.05) is 0 Å². The molecule has 0 aliphatic heterocycles. The first-order chi connectivity index (χ1) is 8.87. The van der Waals surface area contributed by atoms with E-state index in [4.69, 9.17) is 12.2 Å². The topological polar surface area (TPSA) is 49.8 Å². The van der Waals surface area contributed by atoms with Gasteiger partial charge in [-0.25, -0.2) is 0 Å². The molecule has 0 aliphatic rings. The van der Waals surface area contributed by atoms with Crippen LogP contribution in [0.15, 0.2) is 24.3 Å². The van der Waals surface area contributed by atoms with Crippen LogP contribution in [0.1, 0.15) is 27.2 Å². The first kappa shape index (κ1) is 13.8. The minimum absolute atomic E-state index is 0.0414. The third-order valence-electron chi connectivity index (χ3n) is 2.76. The van der Waals surface area contributed by atoms with E-state index in [1.54, 1.807) is 0 Å². The lowest BCUT2D eigenvalue weighted by molar-refractivity contribution is -0.122. The fourth-order valence-electron chi connectivity index (χ4n) is 2.02. The molecular formula is C14H19N3OS. The highest BCUT2D eigenvalue weighted by molar-refractivity contribution is 7.71. The number of imidazole rings is 1.